The number of H-pyrrole nitrogens is 1. The molecule has 1 aliphatic rings. The fraction of sp³-hybridized carbons (Fsp3) is 0.500. The number of hydrogen-bond acceptors (Lipinski definition) is 2. The summed E-state index contributed by atoms with van der Waals surface area (Å²) in [6.45, 7) is 0. The van der Waals surface area contributed by atoms with E-state index in [4.69, 9.17) is 0 Å². The van der Waals surface area contributed by atoms with Crippen LogP contribution in [-0.4, -0.2) is 16.5 Å². The van der Waals surface area contributed by atoms with Crippen LogP contribution in [0.1, 0.15) is 34.6 Å². The quantitative estimate of drug-likeness (QED) is 0.609. The normalized spacial score (nSPS) is 16.0. The highest BCUT2D eigenvalue weighted by Crippen LogP contribution is 2.20. The van der Waals surface area contributed by atoms with Gasteiger partial charge >= 0.3 is 0 Å². The Morgan fingerprint density at radius 2 is 2.18 bits per heavy atom. The summed E-state index contributed by atoms with van der Waals surface area (Å²) in [6, 6.07) is 0. The maximum atomic E-state index is 10.5. The van der Waals surface area contributed by atoms with Crippen molar-refractivity contribution in [3.05, 3.63) is 17.0 Å². The standard InChI is InChI=1S/C8H10N2O/c11-5-8-6-3-1-2-4-7(6)9-10-8/h5H,1-4H2,(H,9,10). The van der Waals surface area contributed by atoms with Gasteiger partial charge in [0.2, 0.25) is 0 Å². The Bertz CT molecular complexity index is 278. The van der Waals surface area contributed by atoms with Crippen LogP contribution in [0.4, 0.5) is 0 Å². The second kappa shape index (κ2) is 2.49. The van der Waals surface area contributed by atoms with E-state index >= 15 is 0 Å². The van der Waals surface area contributed by atoms with Gasteiger partial charge in [-0.3, -0.25) is 9.89 Å². The molecule has 0 saturated heterocycles. The lowest BCUT2D eigenvalue weighted by Crippen LogP contribution is -2.01. The van der Waals surface area contributed by atoms with E-state index in [1.165, 1.54) is 12.8 Å². The SMILES string of the molecule is O=Cc1[nH]nc2c1CCCC2. The molecule has 1 heterocycles. The monoisotopic (exact) mass is 150 g/mol. The van der Waals surface area contributed by atoms with Crippen LogP contribution in [-0.2, 0) is 12.8 Å². The lowest BCUT2D eigenvalue weighted by molar-refractivity contribution is 0.111. The van der Waals surface area contributed by atoms with Crippen LogP contribution in [0.15, 0.2) is 0 Å². The first kappa shape index (κ1) is 6.58. The number of carbonyl (C=O) groups excluding carboxylic acids is 1. The van der Waals surface area contributed by atoms with Gasteiger partial charge in [-0.05, 0) is 25.7 Å². The molecule has 1 aromatic rings. The van der Waals surface area contributed by atoms with Gasteiger partial charge in [0.1, 0.15) is 5.69 Å². The van der Waals surface area contributed by atoms with Gasteiger partial charge in [0.15, 0.2) is 6.29 Å². The van der Waals surface area contributed by atoms with Crippen LogP contribution in [0, 0.1) is 0 Å². The fourth-order valence-electron chi connectivity index (χ4n) is 1.60. The molecule has 0 spiro atoms. The molecule has 0 amide bonds. The van der Waals surface area contributed by atoms with Crippen LogP contribution < -0.4 is 0 Å². The number of rotatable bonds is 1. The number of aromatic nitrogens is 2. The summed E-state index contributed by atoms with van der Waals surface area (Å²) < 4.78 is 0. The van der Waals surface area contributed by atoms with E-state index in [1.807, 2.05) is 0 Å². The number of hydrogen-bond donors (Lipinski definition) is 1. The molecule has 3 nitrogen and oxygen atoms in total. The van der Waals surface area contributed by atoms with Gasteiger partial charge in [-0.2, -0.15) is 5.10 Å². The van der Waals surface area contributed by atoms with Crippen molar-refractivity contribution < 1.29 is 4.79 Å². The third kappa shape index (κ3) is 0.964. The Labute approximate surface area is 64.8 Å². The zero-order chi connectivity index (χ0) is 7.68. The number of carbonyl (C=O) groups is 1. The highest BCUT2D eigenvalue weighted by atomic mass is 16.1. The Morgan fingerprint density at radius 3 is 3.00 bits per heavy atom. The Hall–Kier alpha value is -1.12. The van der Waals surface area contributed by atoms with Gasteiger partial charge in [0, 0.05) is 5.56 Å². The first-order valence-corrected chi connectivity index (χ1v) is 3.93. The summed E-state index contributed by atoms with van der Waals surface area (Å²) in [5.41, 5.74) is 2.92. The van der Waals surface area contributed by atoms with Crippen molar-refractivity contribution in [3.8, 4) is 0 Å². The number of aromatic amines is 1. The van der Waals surface area contributed by atoms with Crippen LogP contribution in [0.5, 0.6) is 0 Å². The van der Waals surface area contributed by atoms with Crippen molar-refractivity contribution >= 4 is 6.29 Å². The summed E-state index contributed by atoms with van der Waals surface area (Å²) in [5, 5.41) is 6.82. The molecule has 0 bridgehead atoms. The van der Waals surface area contributed by atoms with E-state index < -0.39 is 0 Å². The molecule has 1 aliphatic carbocycles. The van der Waals surface area contributed by atoms with Crippen molar-refractivity contribution in [2.45, 2.75) is 25.7 Å². The summed E-state index contributed by atoms with van der Waals surface area (Å²) in [4.78, 5) is 10.5. The molecule has 0 radical (unpaired) electrons. The van der Waals surface area contributed by atoms with E-state index in [9.17, 15) is 4.79 Å². The van der Waals surface area contributed by atoms with Crippen molar-refractivity contribution in [2.24, 2.45) is 0 Å². The molecule has 2 rings (SSSR count). The third-order valence-electron chi connectivity index (χ3n) is 2.19. The van der Waals surface area contributed by atoms with E-state index in [2.05, 4.69) is 10.2 Å². The Morgan fingerprint density at radius 1 is 1.36 bits per heavy atom. The molecular weight excluding hydrogens is 140 g/mol. The minimum absolute atomic E-state index is 0.680. The molecule has 3 heteroatoms. The number of aryl methyl sites for hydroxylation is 1. The highest BCUT2D eigenvalue weighted by molar-refractivity contribution is 5.74. The second-order valence-electron chi connectivity index (χ2n) is 2.89. The predicted molar refractivity (Wildman–Crippen MR) is 40.6 cm³/mol. The lowest BCUT2D eigenvalue weighted by Gasteiger charge is -2.08. The Kier molecular flexibility index (Phi) is 1.49. The molecule has 0 fully saturated rings. The first-order chi connectivity index (χ1) is 5.42. The maximum Gasteiger partial charge on any atom is 0.168 e. The molecule has 11 heavy (non-hydrogen) atoms. The van der Waals surface area contributed by atoms with Crippen molar-refractivity contribution in [1.82, 2.24) is 10.2 Å². The number of nitrogens with zero attached hydrogens (tertiary/aromatic N) is 1. The van der Waals surface area contributed by atoms with Gasteiger partial charge in [-0.25, -0.2) is 0 Å². The molecule has 1 N–H and O–H groups in total. The summed E-state index contributed by atoms with van der Waals surface area (Å²) in [7, 11) is 0. The van der Waals surface area contributed by atoms with Crippen molar-refractivity contribution in [3.63, 3.8) is 0 Å². The van der Waals surface area contributed by atoms with E-state index in [-0.39, 0.29) is 0 Å². The highest BCUT2D eigenvalue weighted by Gasteiger charge is 2.15. The van der Waals surface area contributed by atoms with Crippen molar-refractivity contribution in [1.29, 1.82) is 0 Å². The Balaban J connectivity index is 2.45. The third-order valence-corrected chi connectivity index (χ3v) is 2.19. The van der Waals surface area contributed by atoms with Crippen LogP contribution in [0.2, 0.25) is 0 Å². The zero-order valence-electron chi connectivity index (χ0n) is 6.26. The fourth-order valence-corrected chi connectivity index (χ4v) is 1.60. The summed E-state index contributed by atoms with van der Waals surface area (Å²) in [5.74, 6) is 0. The van der Waals surface area contributed by atoms with Crippen molar-refractivity contribution in [2.75, 3.05) is 0 Å². The maximum absolute atomic E-state index is 10.5. The molecule has 0 aromatic carbocycles. The van der Waals surface area contributed by atoms with Gasteiger partial charge in [0.05, 0.1) is 5.69 Å². The predicted octanol–water partition coefficient (Wildman–Crippen LogP) is 1.10. The minimum atomic E-state index is 0.680. The molecular formula is C8H10N2O. The summed E-state index contributed by atoms with van der Waals surface area (Å²) in [6.07, 6.45) is 5.29. The molecule has 0 unspecified atom stereocenters. The molecule has 1 aromatic heterocycles. The van der Waals surface area contributed by atoms with Gasteiger partial charge < -0.3 is 0 Å². The van der Waals surface area contributed by atoms with Crippen LogP contribution in [0.25, 0.3) is 0 Å². The molecule has 0 saturated carbocycles. The topological polar surface area (TPSA) is 45.8 Å². The number of aldehydes is 1. The zero-order valence-corrected chi connectivity index (χ0v) is 6.26. The molecule has 0 aliphatic heterocycles. The van der Waals surface area contributed by atoms with Gasteiger partial charge in [-0.1, -0.05) is 0 Å². The average molecular weight is 150 g/mol. The van der Waals surface area contributed by atoms with Crippen LogP contribution >= 0.6 is 0 Å². The van der Waals surface area contributed by atoms with E-state index in [1.54, 1.807) is 0 Å². The van der Waals surface area contributed by atoms with Gasteiger partial charge in [0.25, 0.3) is 0 Å². The molecule has 58 valence electrons. The lowest BCUT2D eigenvalue weighted by atomic mass is 9.96. The first-order valence-electron chi connectivity index (χ1n) is 3.93. The van der Waals surface area contributed by atoms with E-state index in [0.29, 0.717) is 5.69 Å². The number of nitrogens with one attached hydrogen (secondary N) is 1. The second-order valence-corrected chi connectivity index (χ2v) is 2.89. The van der Waals surface area contributed by atoms with Crippen LogP contribution in [0.3, 0.4) is 0 Å². The average Bonchev–Trinajstić information content (AvgIpc) is 2.47. The molecule has 0 atom stereocenters. The van der Waals surface area contributed by atoms with E-state index in [0.717, 1.165) is 30.4 Å². The smallest absolute Gasteiger partial charge is 0.168 e. The minimum Gasteiger partial charge on any atom is -0.296 e. The van der Waals surface area contributed by atoms with Gasteiger partial charge in [-0.15, -0.1) is 0 Å². The number of fused-ring (bicyclic) bond motifs is 1. The largest absolute Gasteiger partial charge is 0.296 e. The summed E-state index contributed by atoms with van der Waals surface area (Å²) >= 11 is 0.